The highest BCUT2D eigenvalue weighted by Crippen LogP contribution is 2.44. The van der Waals surface area contributed by atoms with Crippen molar-refractivity contribution < 1.29 is 127 Å². The maximum atomic E-state index is 14.5. The third kappa shape index (κ3) is 24.8. The lowest BCUT2D eigenvalue weighted by molar-refractivity contribution is -0.319. The number of likely N-dealkylation sites (N-methyl/N-ethyl adjacent to an activating group) is 4. The van der Waals surface area contributed by atoms with Gasteiger partial charge in [-0.2, -0.15) is 0 Å². The lowest BCUT2D eigenvalue weighted by Crippen LogP contribution is -2.61. The molecule has 0 spiro atoms. The van der Waals surface area contributed by atoms with Crippen molar-refractivity contribution in [3.8, 4) is 0 Å². The summed E-state index contributed by atoms with van der Waals surface area (Å²) in [6, 6.07) is 7.77. The van der Waals surface area contributed by atoms with Crippen molar-refractivity contribution >= 4 is 17.9 Å². The Morgan fingerprint density at radius 2 is 0.914 bits per heavy atom. The average molecular weight is 1660 g/mol. The summed E-state index contributed by atoms with van der Waals surface area (Å²) in [4.78, 5) is 50.3. The van der Waals surface area contributed by atoms with Crippen LogP contribution in [0.5, 0.6) is 0 Å². The van der Waals surface area contributed by atoms with E-state index in [1.54, 1.807) is 90.0 Å². The Hall–Kier alpha value is -3.33. The van der Waals surface area contributed by atoms with Crippen LogP contribution in [-0.4, -0.2) is 340 Å². The Morgan fingerprint density at radius 1 is 0.534 bits per heavy atom. The third-order valence-corrected chi connectivity index (χ3v) is 26.3. The topological polar surface area (TPSA) is 375 Å². The molecule has 6 heterocycles. The van der Waals surface area contributed by atoms with Crippen molar-refractivity contribution in [2.24, 2.45) is 35.5 Å². The largest absolute Gasteiger partial charge is 0.459 e. The maximum Gasteiger partial charge on any atom is 0.335 e. The SMILES string of the molecule is CC[C@H]1OC(=O)[C@H](C)[C@@H](O[C@H]2C[C@@](C)(OC)[C@@H](O)[C@H](C)O2)[C@H](C)[C@@H](O[C@@H]2O[C@H](C)C[C@H](N(C)C)[C@H]2O)[C@](C)(O)C[C@@H](C)CN(C)[C@H](C)[C@@H](O)[C@]1(C)O.CC[C@H]1OC(=O)[C@H](C)[C@@H](O[C@H]2C[C@@](C)(OC)[C@@H](O)[C@H](C)O2)[C@H](C)[C@@H](O[C@@H]2O[C@H](C)C[C@H](N(C)C)[C@H]2OC(=O)[C@@H](C)OCc2ccccc2)[C@](C)(O)C[C@@H](C)CN(C)[C@H](C)[C@@H](O)[C@]1(C)O. The minimum atomic E-state index is -1.84. The molecule has 6 saturated heterocycles. The summed E-state index contributed by atoms with van der Waals surface area (Å²) in [5, 5.41) is 106. The molecule has 1 aromatic rings. The second kappa shape index (κ2) is 42.4. The van der Waals surface area contributed by atoms with Crippen LogP contribution in [0.4, 0.5) is 0 Å². The first-order valence-electron chi connectivity index (χ1n) is 42.3. The summed E-state index contributed by atoms with van der Waals surface area (Å²) in [7, 11) is 14.2. The average Bonchev–Trinajstić information content (AvgIpc) is 1.09. The summed E-state index contributed by atoms with van der Waals surface area (Å²) in [6.07, 6.45) is -18.0. The molecule has 30 heteroatoms. The van der Waals surface area contributed by atoms with E-state index in [2.05, 4.69) is 0 Å². The highest BCUT2D eigenvalue weighted by molar-refractivity contribution is 5.75. The third-order valence-electron chi connectivity index (χ3n) is 26.3. The van der Waals surface area contributed by atoms with Gasteiger partial charge in [-0.25, -0.2) is 4.79 Å². The Bertz CT molecular complexity index is 3160. The normalized spacial score (nSPS) is 45.9. The molecule has 1 aromatic carbocycles. The summed E-state index contributed by atoms with van der Waals surface area (Å²) in [5.41, 5.74) is -8.03. The standard InChI is InChI=1S/C48H82N2O14.C38H72N2O12/c1-16-36-48(11,56)40(51)31(6)50(14)25-27(2)23-46(9,55)42(29(4)38(30(5)43(53)61-36)62-37-24-47(10,57-15)41(52)32(7)60-37)64-45-39(35(49(12)13)22-28(3)59-45)63-44(54)33(8)58-26-34-20-18-17-19-21-34;1-15-27-38(10,46)31(42)24(6)40(13)19-20(2)17-36(8,45)33(52-35-29(41)26(39(11)12)16-21(3)48-35)22(4)30(23(5)34(44)50-27)51-28-18-37(9,47-14)32(43)25(7)49-28/h17-21,27-33,35-42,45,51-52,55-56H,16,22-26H2,1-15H3;20-33,35,41-43,45-46H,15-19H2,1-14H3/t27-,28-,29+,30-,31-,32+,33-,35+,36-,37+,38+,39-,40-,41+,42-,45+,46-,47-,48-;20-,21-,22+,23-,24-,25+,26+,27-,28+,29-,30+,31-,32+,33-,35+,36-,37-,38-/m11/s1. The molecule has 9 N–H and O–H groups in total. The van der Waals surface area contributed by atoms with Gasteiger partial charge in [0.1, 0.15) is 53.9 Å². The number of nitrogens with zero attached hydrogens (tertiary/aromatic N) is 4. The number of esters is 3. The molecule has 0 aromatic heterocycles. The van der Waals surface area contributed by atoms with Gasteiger partial charge in [0.2, 0.25) is 0 Å². The smallest absolute Gasteiger partial charge is 0.335 e. The maximum absolute atomic E-state index is 14.5. The Labute approximate surface area is 692 Å². The van der Waals surface area contributed by atoms with E-state index in [4.69, 9.17) is 66.3 Å². The van der Waals surface area contributed by atoms with Crippen molar-refractivity contribution in [2.75, 3.05) is 69.6 Å². The molecule has 6 aliphatic heterocycles. The molecule has 116 heavy (non-hydrogen) atoms. The molecule has 0 unspecified atom stereocenters. The lowest BCUT2D eigenvalue weighted by atomic mass is 9.77. The minimum absolute atomic E-state index is 0.0952. The second-order valence-electron chi connectivity index (χ2n) is 37.2. The van der Waals surface area contributed by atoms with Crippen molar-refractivity contribution in [1.82, 2.24) is 19.6 Å². The van der Waals surface area contributed by atoms with Crippen LogP contribution in [0.2, 0.25) is 0 Å². The summed E-state index contributed by atoms with van der Waals surface area (Å²) < 4.78 is 88.3. The number of aliphatic hydroxyl groups excluding tert-OH is 5. The lowest BCUT2D eigenvalue weighted by Gasteiger charge is -2.49. The predicted molar refractivity (Wildman–Crippen MR) is 433 cm³/mol. The van der Waals surface area contributed by atoms with Crippen LogP contribution in [0.15, 0.2) is 30.3 Å². The second-order valence-corrected chi connectivity index (χ2v) is 37.2. The molecule has 0 saturated carbocycles. The molecule has 674 valence electrons. The molecule has 0 bridgehead atoms. The van der Waals surface area contributed by atoms with E-state index in [0.29, 0.717) is 25.9 Å². The Kier molecular flexibility index (Phi) is 37.1. The van der Waals surface area contributed by atoms with Crippen molar-refractivity contribution in [3.63, 3.8) is 0 Å². The number of carbonyl (C=O) groups excluding carboxylic acids is 3. The van der Waals surface area contributed by atoms with Gasteiger partial charge in [-0.1, -0.05) is 71.9 Å². The van der Waals surface area contributed by atoms with Gasteiger partial charge in [0.05, 0.1) is 95.7 Å². The number of aliphatic hydroxyl groups is 9. The summed E-state index contributed by atoms with van der Waals surface area (Å²) >= 11 is 0. The van der Waals surface area contributed by atoms with Crippen molar-refractivity contribution in [1.29, 1.82) is 0 Å². The van der Waals surface area contributed by atoms with E-state index in [0.717, 1.165) is 5.56 Å². The minimum Gasteiger partial charge on any atom is -0.459 e. The van der Waals surface area contributed by atoms with Gasteiger partial charge in [-0.3, -0.25) is 9.59 Å². The van der Waals surface area contributed by atoms with Gasteiger partial charge >= 0.3 is 17.9 Å². The van der Waals surface area contributed by atoms with Crippen LogP contribution < -0.4 is 0 Å². The molecule has 37 atom stereocenters. The fourth-order valence-corrected chi connectivity index (χ4v) is 18.7. The fraction of sp³-hybridized carbons (Fsp3) is 0.895. The highest BCUT2D eigenvalue weighted by Gasteiger charge is 2.57. The number of benzene rings is 1. The van der Waals surface area contributed by atoms with Crippen molar-refractivity contribution in [2.45, 2.75) is 390 Å². The number of cyclic esters (lactones) is 2. The zero-order chi connectivity index (χ0) is 87.7. The van der Waals surface area contributed by atoms with Gasteiger partial charge in [-0.05, 0) is 202 Å². The first-order valence-corrected chi connectivity index (χ1v) is 42.3. The van der Waals surface area contributed by atoms with Gasteiger partial charge in [0.15, 0.2) is 37.4 Å². The van der Waals surface area contributed by atoms with Crippen LogP contribution in [0.1, 0.15) is 202 Å². The fourth-order valence-electron chi connectivity index (χ4n) is 18.7. The molecular formula is C86H154N4O26. The summed E-state index contributed by atoms with van der Waals surface area (Å²) in [6.45, 7) is 37.8. The number of rotatable bonds is 19. The van der Waals surface area contributed by atoms with Gasteiger partial charge in [0, 0.05) is 70.1 Å². The van der Waals surface area contributed by atoms with E-state index < -0.39 is 204 Å². The van der Waals surface area contributed by atoms with E-state index in [-0.39, 0.29) is 81.3 Å². The number of ether oxygens (including phenoxy) is 14. The van der Waals surface area contributed by atoms with Crippen LogP contribution >= 0.6 is 0 Å². The number of methoxy groups -OCH3 is 2. The zero-order valence-electron chi connectivity index (χ0n) is 75.3. The molecule has 0 aliphatic carbocycles. The number of carbonyl (C=O) groups is 3. The van der Waals surface area contributed by atoms with Gasteiger partial charge in [0.25, 0.3) is 0 Å². The van der Waals surface area contributed by atoms with Crippen LogP contribution in [0.3, 0.4) is 0 Å². The molecule has 0 radical (unpaired) electrons. The quantitative estimate of drug-likeness (QED) is 0.0570. The van der Waals surface area contributed by atoms with E-state index in [9.17, 15) is 60.3 Å². The monoisotopic (exact) mass is 1660 g/mol. The van der Waals surface area contributed by atoms with E-state index in [1.165, 1.54) is 28.1 Å². The molecule has 30 nitrogen and oxygen atoms in total. The van der Waals surface area contributed by atoms with Crippen LogP contribution in [-0.2, 0) is 87.3 Å². The predicted octanol–water partition coefficient (Wildman–Crippen LogP) is 5.96. The molecule has 6 fully saturated rings. The van der Waals surface area contributed by atoms with Crippen LogP contribution in [0, 0.1) is 35.5 Å². The molecule has 6 aliphatic rings. The number of hydrogen-bond acceptors (Lipinski definition) is 30. The first kappa shape index (κ1) is 101. The number of hydrogen-bond donors (Lipinski definition) is 9. The summed E-state index contributed by atoms with van der Waals surface area (Å²) in [5.74, 6) is -6.02. The molecule has 0 amide bonds. The van der Waals surface area contributed by atoms with Crippen LogP contribution in [0.25, 0.3) is 0 Å². The highest BCUT2D eigenvalue weighted by atomic mass is 16.7. The van der Waals surface area contributed by atoms with Crippen molar-refractivity contribution in [3.05, 3.63) is 35.9 Å². The first-order chi connectivity index (χ1) is 53.7. The van der Waals surface area contributed by atoms with Gasteiger partial charge < -0.3 is 132 Å². The zero-order valence-corrected chi connectivity index (χ0v) is 75.3. The molecule has 7 rings (SSSR count). The van der Waals surface area contributed by atoms with E-state index in [1.807, 2.05) is 134 Å². The van der Waals surface area contributed by atoms with Gasteiger partial charge in [-0.15, -0.1) is 0 Å². The Balaban J connectivity index is 0.000000369. The molecular weight excluding hydrogens is 1500 g/mol. The Morgan fingerprint density at radius 3 is 1.29 bits per heavy atom. The van der Waals surface area contributed by atoms with E-state index >= 15 is 0 Å².